The molecule has 1 aromatic carbocycles. The van der Waals surface area contributed by atoms with Gasteiger partial charge in [0.05, 0.1) is 0 Å². The van der Waals surface area contributed by atoms with Gasteiger partial charge in [0.1, 0.15) is 12.1 Å². The molecule has 0 fully saturated rings. The number of aryl methyl sites for hydroxylation is 1. The summed E-state index contributed by atoms with van der Waals surface area (Å²) >= 11 is 0. The number of benzene rings is 1. The van der Waals surface area contributed by atoms with E-state index in [0.29, 0.717) is 6.42 Å². The molecule has 0 saturated carbocycles. The standard InChI is InChI=1S/C13H16FNO/c1-15(2)9-12(10-16)4-3-11-5-7-13(14)8-6-11/h5-10H,3-4H2,1-2H3/b12-9-. The van der Waals surface area contributed by atoms with Gasteiger partial charge in [-0.15, -0.1) is 0 Å². The van der Waals surface area contributed by atoms with Crippen LogP contribution in [0.5, 0.6) is 0 Å². The summed E-state index contributed by atoms with van der Waals surface area (Å²) in [4.78, 5) is 12.6. The van der Waals surface area contributed by atoms with Crippen molar-refractivity contribution in [1.82, 2.24) is 4.90 Å². The molecule has 0 aliphatic rings. The number of hydrogen-bond acceptors (Lipinski definition) is 2. The van der Waals surface area contributed by atoms with Gasteiger partial charge in [-0.05, 0) is 30.5 Å². The van der Waals surface area contributed by atoms with Crippen LogP contribution in [0.2, 0.25) is 0 Å². The Balaban J connectivity index is 2.56. The molecule has 0 bridgehead atoms. The fraction of sp³-hybridized carbons (Fsp3) is 0.308. The molecule has 0 saturated heterocycles. The van der Waals surface area contributed by atoms with E-state index in [2.05, 4.69) is 0 Å². The molecule has 0 radical (unpaired) electrons. The molecule has 1 aromatic rings. The third-order valence-electron chi connectivity index (χ3n) is 2.19. The van der Waals surface area contributed by atoms with E-state index in [1.807, 2.05) is 19.0 Å². The van der Waals surface area contributed by atoms with Gasteiger partial charge in [0, 0.05) is 25.9 Å². The van der Waals surface area contributed by atoms with Crippen molar-refractivity contribution in [3.05, 3.63) is 47.4 Å². The van der Waals surface area contributed by atoms with Gasteiger partial charge in [0.15, 0.2) is 0 Å². The van der Waals surface area contributed by atoms with Crippen LogP contribution in [0.3, 0.4) is 0 Å². The number of carbonyl (C=O) groups is 1. The Morgan fingerprint density at radius 1 is 1.31 bits per heavy atom. The zero-order valence-corrected chi connectivity index (χ0v) is 9.61. The normalized spacial score (nSPS) is 11.3. The van der Waals surface area contributed by atoms with Gasteiger partial charge in [0.2, 0.25) is 0 Å². The highest BCUT2D eigenvalue weighted by atomic mass is 19.1. The Hall–Kier alpha value is -1.64. The molecule has 2 nitrogen and oxygen atoms in total. The Bertz CT molecular complexity index is 368. The highest BCUT2D eigenvalue weighted by molar-refractivity contribution is 5.72. The average Bonchev–Trinajstić information content (AvgIpc) is 2.26. The molecule has 1 rings (SSSR count). The summed E-state index contributed by atoms with van der Waals surface area (Å²) in [6.07, 6.45) is 4.09. The third kappa shape index (κ3) is 4.26. The maximum Gasteiger partial charge on any atom is 0.147 e. The molecule has 3 heteroatoms. The largest absolute Gasteiger partial charge is 0.383 e. The van der Waals surface area contributed by atoms with Crippen molar-refractivity contribution in [1.29, 1.82) is 0 Å². The predicted molar refractivity (Wildman–Crippen MR) is 62.6 cm³/mol. The molecule has 0 heterocycles. The Labute approximate surface area is 95.4 Å². The molecule has 0 amide bonds. The molecular formula is C13H16FNO. The highest BCUT2D eigenvalue weighted by Gasteiger charge is 1.99. The summed E-state index contributed by atoms with van der Waals surface area (Å²) in [5.41, 5.74) is 1.78. The van der Waals surface area contributed by atoms with E-state index < -0.39 is 0 Å². The first-order valence-electron chi connectivity index (χ1n) is 5.18. The number of nitrogens with zero attached hydrogens (tertiary/aromatic N) is 1. The van der Waals surface area contributed by atoms with Crippen LogP contribution in [0.1, 0.15) is 12.0 Å². The summed E-state index contributed by atoms with van der Waals surface area (Å²) in [5, 5.41) is 0. The van der Waals surface area contributed by atoms with Crippen molar-refractivity contribution in [3.8, 4) is 0 Å². The van der Waals surface area contributed by atoms with Crippen LogP contribution in [0.25, 0.3) is 0 Å². The van der Waals surface area contributed by atoms with Crippen LogP contribution in [0, 0.1) is 5.82 Å². The lowest BCUT2D eigenvalue weighted by atomic mass is 10.1. The van der Waals surface area contributed by atoms with Crippen LogP contribution in [-0.2, 0) is 11.2 Å². The summed E-state index contributed by atoms with van der Waals surface area (Å²) in [7, 11) is 3.75. The number of halogens is 1. The molecule has 0 unspecified atom stereocenters. The average molecular weight is 221 g/mol. The zero-order chi connectivity index (χ0) is 12.0. The van der Waals surface area contributed by atoms with Crippen molar-refractivity contribution in [2.75, 3.05) is 14.1 Å². The summed E-state index contributed by atoms with van der Waals surface area (Å²) in [6, 6.07) is 6.36. The second kappa shape index (κ2) is 6.05. The summed E-state index contributed by atoms with van der Waals surface area (Å²) in [5.74, 6) is -0.233. The second-order valence-electron chi connectivity index (χ2n) is 3.91. The molecule has 0 aliphatic heterocycles. The maximum atomic E-state index is 12.6. The van der Waals surface area contributed by atoms with Gasteiger partial charge in [-0.1, -0.05) is 12.1 Å². The Morgan fingerprint density at radius 2 is 1.94 bits per heavy atom. The van der Waals surface area contributed by atoms with E-state index in [-0.39, 0.29) is 5.82 Å². The Kier molecular flexibility index (Phi) is 4.70. The lowest BCUT2D eigenvalue weighted by Crippen LogP contribution is -2.04. The van der Waals surface area contributed by atoms with Crippen molar-refractivity contribution in [2.24, 2.45) is 0 Å². The quantitative estimate of drug-likeness (QED) is 0.562. The smallest absolute Gasteiger partial charge is 0.147 e. The zero-order valence-electron chi connectivity index (χ0n) is 9.61. The van der Waals surface area contributed by atoms with Gasteiger partial charge >= 0.3 is 0 Å². The molecule has 16 heavy (non-hydrogen) atoms. The fourth-order valence-electron chi connectivity index (χ4n) is 1.43. The predicted octanol–water partition coefficient (Wildman–Crippen LogP) is 2.40. The van der Waals surface area contributed by atoms with Gasteiger partial charge < -0.3 is 4.90 Å². The third-order valence-corrected chi connectivity index (χ3v) is 2.19. The van der Waals surface area contributed by atoms with Crippen LogP contribution in [0.4, 0.5) is 4.39 Å². The minimum atomic E-state index is -0.233. The number of hydrogen-bond donors (Lipinski definition) is 0. The van der Waals surface area contributed by atoms with E-state index in [9.17, 15) is 9.18 Å². The molecule has 0 atom stereocenters. The van der Waals surface area contributed by atoms with Crippen LogP contribution < -0.4 is 0 Å². The molecular weight excluding hydrogens is 205 g/mol. The molecule has 86 valence electrons. The van der Waals surface area contributed by atoms with E-state index in [1.165, 1.54) is 12.1 Å². The number of rotatable bonds is 5. The second-order valence-corrected chi connectivity index (χ2v) is 3.91. The first-order valence-corrected chi connectivity index (χ1v) is 5.18. The minimum Gasteiger partial charge on any atom is -0.383 e. The number of carbonyl (C=O) groups excluding carboxylic acids is 1. The topological polar surface area (TPSA) is 20.3 Å². The van der Waals surface area contributed by atoms with E-state index in [1.54, 1.807) is 18.3 Å². The van der Waals surface area contributed by atoms with Crippen molar-refractivity contribution >= 4 is 6.29 Å². The van der Waals surface area contributed by atoms with E-state index in [4.69, 9.17) is 0 Å². The van der Waals surface area contributed by atoms with E-state index in [0.717, 1.165) is 23.8 Å². The Morgan fingerprint density at radius 3 is 2.44 bits per heavy atom. The minimum absolute atomic E-state index is 0.233. The highest BCUT2D eigenvalue weighted by Crippen LogP contribution is 2.09. The summed E-state index contributed by atoms with van der Waals surface area (Å²) < 4.78 is 12.6. The maximum absolute atomic E-state index is 12.6. The van der Waals surface area contributed by atoms with Crippen molar-refractivity contribution in [2.45, 2.75) is 12.8 Å². The van der Waals surface area contributed by atoms with Crippen molar-refractivity contribution < 1.29 is 9.18 Å². The van der Waals surface area contributed by atoms with Crippen LogP contribution >= 0.6 is 0 Å². The molecule has 0 aliphatic carbocycles. The monoisotopic (exact) mass is 221 g/mol. The molecule has 0 aromatic heterocycles. The van der Waals surface area contributed by atoms with Crippen LogP contribution in [0.15, 0.2) is 36.0 Å². The van der Waals surface area contributed by atoms with Crippen LogP contribution in [-0.4, -0.2) is 25.3 Å². The SMILES string of the molecule is CN(C)/C=C(\C=O)CCc1ccc(F)cc1. The first-order chi connectivity index (χ1) is 7.61. The fourth-order valence-corrected chi connectivity index (χ4v) is 1.43. The lowest BCUT2D eigenvalue weighted by molar-refractivity contribution is -0.105. The van der Waals surface area contributed by atoms with E-state index >= 15 is 0 Å². The van der Waals surface area contributed by atoms with Gasteiger partial charge in [-0.3, -0.25) is 4.79 Å². The lowest BCUT2D eigenvalue weighted by Gasteiger charge is -2.07. The van der Waals surface area contributed by atoms with Gasteiger partial charge in [0.25, 0.3) is 0 Å². The number of aldehydes is 1. The van der Waals surface area contributed by atoms with Gasteiger partial charge in [-0.25, -0.2) is 4.39 Å². The molecule has 0 N–H and O–H groups in total. The first kappa shape index (κ1) is 12.4. The van der Waals surface area contributed by atoms with Gasteiger partial charge in [-0.2, -0.15) is 0 Å². The number of allylic oxidation sites excluding steroid dienone is 1. The molecule has 0 spiro atoms. The summed E-state index contributed by atoms with van der Waals surface area (Å²) in [6.45, 7) is 0. The van der Waals surface area contributed by atoms with Crippen molar-refractivity contribution in [3.63, 3.8) is 0 Å².